The van der Waals surface area contributed by atoms with Gasteiger partial charge in [-0.25, -0.2) is 14.1 Å². The van der Waals surface area contributed by atoms with Gasteiger partial charge in [0, 0.05) is 23.3 Å². The molecule has 1 atom stereocenters. The summed E-state index contributed by atoms with van der Waals surface area (Å²) < 4.78 is 15.1. The molecule has 8 heteroatoms. The van der Waals surface area contributed by atoms with Crippen molar-refractivity contribution in [2.24, 2.45) is 0 Å². The van der Waals surface area contributed by atoms with Crippen molar-refractivity contribution in [3.05, 3.63) is 65.1 Å². The lowest BCUT2D eigenvalue weighted by Gasteiger charge is -2.19. The fraction of sp³-hybridized carbons (Fsp3) is 0.250. The van der Waals surface area contributed by atoms with Crippen LogP contribution in [-0.2, 0) is 6.54 Å². The molecule has 0 N–H and O–H groups in total. The van der Waals surface area contributed by atoms with Crippen LogP contribution in [0, 0.1) is 0 Å². The summed E-state index contributed by atoms with van der Waals surface area (Å²) in [6, 6.07) is 11.0. The molecule has 6 nitrogen and oxygen atoms in total. The quantitative estimate of drug-likeness (QED) is 0.677. The fourth-order valence-corrected chi connectivity index (χ4v) is 3.79. The number of halogens is 2. The predicted molar refractivity (Wildman–Crippen MR) is 105 cm³/mol. The minimum atomic E-state index is -0.797. The van der Waals surface area contributed by atoms with Crippen molar-refractivity contribution in [2.45, 2.75) is 19.1 Å². The van der Waals surface area contributed by atoms with Crippen molar-refractivity contribution in [1.82, 2.24) is 14.8 Å². The van der Waals surface area contributed by atoms with Gasteiger partial charge in [-0.3, -0.25) is 4.79 Å². The highest BCUT2D eigenvalue weighted by molar-refractivity contribution is 6.30. The number of pyridine rings is 1. The smallest absolute Gasteiger partial charge is 0.279 e. The highest BCUT2D eigenvalue weighted by Crippen LogP contribution is 2.29. The summed E-state index contributed by atoms with van der Waals surface area (Å²) in [7, 11) is 0. The number of anilines is 2. The van der Waals surface area contributed by atoms with Crippen LogP contribution in [0.2, 0.25) is 5.02 Å². The third-order valence-corrected chi connectivity index (χ3v) is 5.41. The van der Waals surface area contributed by atoms with Crippen LogP contribution in [0.25, 0.3) is 5.69 Å². The molecule has 0 spiro atoms. The number of carbonyl (C=O) groups excluding carboxylic acids is 1. The van der Waals surface area contributed by atoms with E-state index in [1.165, 1.54) is 0 Å². The molecular formula is C20H17ClFN5O. The van der Waals surface area contributed by atoms with E-state index in [0.29, 0.717) is 42.5 Å². The van der Waals surface area contributed by atoms with Crippen LogP contribution in [0.5, 0.6) is 0 Å². The van der Waals surface area contributed by atoms with Gasteiger partial charge in [-0.05, 0) is 42.8 Å². The summed E-state index contributed by atoms with van der Waals surface area (Å²) in [5.41, 5.74) is 2.87. The molecule has 5 rings (SSSR count). The van der Waals surface area contributed by atoms with Gasteiger partial charge in [0.05, 0.1) is 30.7 Å². The summed E-state index contributed by atoms with van der Waals surface area (Å²) in [6.07, 6.45) is 3.27. The first kappa shape index (κ1) is 17.2. The van der Waals surface area contributed by atoms with Crippen molar-refractivity contribution >= 4 is 29.0 Å². The molecule has 2 aliphatic heterocycles. The van der Waals surface area contributed by atoms with E-state index in [4.69, 9.17) is 11.6 Å². The molecule has 0 radical (unpaired) electrons. The molecule has 28 heavy (non-hydrogen) atoms. The van der Waals surface area contributed by atoms with Crippen LogP contribution in [0.1, 0.15) is 22.5 Å². The van der Waals surface area contributed by atoms with E-state index in [2.05, 4.69) is 10.1 Å². The zero-order valence-corrected chi connectivity index (χ0v) is 15.7. The maximum Gasteiger partial charge on any atom is 0.279 e. The van der Waals surface area contributed by atoms with Gasteiger partial charge in [-0.2, -0.15) is 5.10 Å². The van der Waals surface area contributed by atoms with E-state index in [0.717, 1.165) is 17.1 Å². The highest BCUT2D eigenvalue weighted by atomic mass is 35.5. The number of amides is 1. The van der Waals surface area contributed by atoms with Gasteiger partial charge in [-0.15, -0.1) is 0 Å². The molecule has 2 aliphatic rings. The molecule has 142 valence electrons. The number of nitrogens with zero attached hydrogens (tertiary/aromatic N) is 5. The number of fused-ring (bicyclic) bond motifs is 1. The predicted octanol–water partition coefficient (Wildman–Crippen LogP) is 3.63. The van der Waals surface area contributed by atoms with Crippen LogP contribution in [0.4, 0.5) is 15.9 Å². The number of aromatic nitrogens is 3. The van der Waals surface area contributed by atoms with Crippen LogP contribution >= 0.6 is 11.6 Å². The minimum Gasteiger partial charge on any atom is -0.354 e. The molecule has 0 aliphatic carbocycles. The van der Waals surface area contributed by atoms with Crippen LogP contribution in [-0.4, -0.2) is 39.9 Å². The molecular weight excluding hydrogens is 381 g/mol. The maximum atomic E-state index is 13.4. The summed E-state index contributed by atoms with van der Waals surface area (Å²) >= 11 is 5.93. The van der Waals surface area contributed by atoms with E-state index in [9.17, 15) is 9.18 Å². The number of alkyl halides is 1. The highest BCUT2D eigenvalue weighted by Gasteiger charge is 2.32. The largest absolute Gasteiger partial charge is 0.354 e. The first-order valence-electron chi connectivity index (χ1n) is 9.10. The molecule has 3 aromatic rings. The van der Waals surface area contributed by atoms with Crippen LogP contribution in [0.3, 0.4) is 0 Å². The molecule has 4 heterocycles. The first-order chi connectivity index (χ1) is 13.6. The van der Waals surface area contributed by atoms with Gasteiger partial charge in [0.2, 0.25) is 0 Å². The number of hydrogen-bond donors (Lipinski definition) is 0. The van der Waals surface area contributed by atoms with E-state index < -0.39 is 6.17 Å². The van der Waals surface area contributed by atoms with Gasteiger partial charge < -0.3 is 9.80 Å². The lowest BCUT2D eigenvalue weighted by Crippen LogP contribution is -2.25. The van der Waals surface area contributed by atoms with Gasteiger partial charge in [0.15, 0.2) is 5.69 Å². The third-order valence-electron chi connectivity index (χ3n) is 5.16. The Morgan fingerprint density at radius 1 is 1.11 bits per heavy atom. The second kappa shape index (κ2) is 6.60. The molecule has 1 fully saturated rings. The van der Waals surface area contributed by atoms with Crippen molar-refractivity contribution < 1.29 is 9.18 Å². The van der Waals surface area contributed by atoms with Crippen molar-refractivity contribution in [3.63, 3.8) is 0 Å². The van der Waals surface area contributed by atoms with Crippen LogP contribution < -0.4 is 9.80 Å². The third kappa shape index (κ3) is 2.92. The van der Waals surface area contributed by atoms with E-state index >= 15 is 0 Å². The Hall–Kier alpha value is -2.93. The standard InChI is InChI=1S/C20H17ClFN5O/c21-14-1-3-16(4-2-14)27-11-13-10-26(20(28)19(13)24-27)17-5-6-18(23-9-17)25-8-7-15(22)12-25/h1-6,9,11,15H,7-8,10,12H2. The van der Waals surface area contributed by atoms with Gasteiger partial charge >= 0.3 is 0 Å². The molecule has 1 unspecified atom stereocenters. The molecule has 0 bridgehead atoms. The Morgan fingerprint density at radius 3 is 2.54 bits per heavy atom. The summed E-state index contributed by atoms with van der Waals surface area (Å²) in [5.74, 6) is 0.587. The number of rotatable bonds is 3. The number of hydrogen-bond acceptors (Lipinski definition) is 4. The topological polar surface area (TPSA) is 54.3 Å². The zero-order valence-electron chi connectivity index (χ0n) is 14.9. The van der Waals surface area contributed by atoms with Crippen molar-refractivity contribution in [1.29, 1.82) is 0 Å². The minimum absolute atomic E-state index is 0.151. The lowest BCUT2D eigenvalue weighted by molar-refractivity contribution is 0.0991. The summed E-state index contributed by atoms with van der Waals surface area (Å²) in [5, 5.41) is 5.10. The lowest BCUT2D eigenvalue weighted by atomic mass is 10.3. The van der Waals surface area contributed by atoms with Crippen molar-refractivity contribution in [2.75, 3.05) is 22.9 Å². The fourth-order valence-electron chi connectivity index (χ4n) is 3.66. The van der Waals surface area contributed by atoms with Crippen molar-refractivity contribution in [3.8, 4) is 5.69 Å². The Labute approximate surface area is 166 Å². The van der Waals surface area contributed by atoms with E-state index in [-0.39, 0.29) is 5.91 Å². The van der Waals surface area contributed by atoms with Gasteiger partial charge in [0.25, 0.3) is 5.91 Å². The second-order valence-corrected chi connectivity index (χ2v) is 7.46. The SMILES string of the molecule is O=C1c2nn(-c3ccc(Cl)cc3)cc2CN1c1ccc(N2CCC(F)C2)nc1. The Bertz CT molecular complexity index is 1030. The monoisotopic (exact) mass is 397 g/mol. The van der Waals surface area contributed by atoms with Gasteiger partial charge in [-0.1, -0.05) is 11.6 Å². The molecule has 1 aromatic carbocycles. The van der Waals surface area contributed by atoms with Crippen LogP contribution in [0.15, 0.2) is 48.8 Å². The summed E-state index contributed by atoms with van der Waals surface area (Å²) in [4.78, 5) is 20.8. The Kier molecular flexibility index (Phi) is 4.05. The Morgan fingerprint density at radius 2 is 1.89 bits per heavy atom. The second-order valence-electron chi connectivity index (χ2n) is 7.02. The van der Waals surface area contributed by atoms with E-state index in [1.807, 2.05) is 35.4 Å². The van der Waals surface area contributed by atoms with E-state index in [1.54, 1.807) is 27.9 Å². The average molecular weight is 398 g/mol. The molecule has 2 aromatic heterocycles. The maximum absolute atomic E-state index is 13.4. The summed E-state index contributed by atoms with van der Waals surface area (Å²) in [6.45, 7) is 1.48. The Balaban J connectivity index is 1.35. The normalized spacial score (nSPS) is 18.8. The molecule has 1 saturated heterocycles. The first-order valence-corrected chi connectivity index (χ1v) is 9.48. The van der Waals surface area contributed by atoms with Gasteiger partial charge in [0.1, 0.15) is 12.0 Å². The average Bonchev–Trinajstić information content (AvgIpc) is 3.39. The number of carbonyl (C=O) groups is 1. The zero-order chi connectivity index (χ0) is 19.3. The number of benzene rings is 1. The molecule has 0 saturated carbocycles. The molecule has 1 amide bonds.